The van der Waals surface area contributed by atoms with Crippen LogP contribution in [-0.4, -0.2) is 34.9 Å². The summed E-state index contributed by atoms with van der Waals surface area (Å²) in [6, 6.07) is 14.0. The Kier molecular flexibility index (Phi) is 4.74. The van der Waals surface area contributed by atoms with E-state index in [0.717, 1.165) is 29.5 Å². The van der Waals surface area contributed by atoms with Gasteiger partial charge in [-0.3, -0.25) is 0 Å². The Hall–Kier alpha value is -3.35. The summed E-state index contributed by atoms with van der Waals surface area (Å²) in [6.45, 7) is 6.04. The van der Waals surface area contributed by atoms with Gasteiger partial charge in [0.25, 0.3) is 0 Å². The number of aryl methyl sites for hydroxylation is 1. The molecular formula is C20H21N5O2. The van der Waals surface area contributed by atoms with E-state index in [1.54, 1.807) is 6.20 Å². The molecule has 0 bridgehead atoms. The van der Waals surface area contributed by atoms with E-state index in [4.69, 9.17) is 9.47 Å². The van der Waals surface area contributed by atoms with Gasteiger partial charge in [0.05, 0.1) is 6.20 Å². The maximum atomic E-state index is 5.62. The van der Waals surface area contributed by atoms with Crippen LogP contribution in [0.3, 0.4) is 0 Å². The van der Waals surface area contributed by atoms with Gasteiger partial charge < -0.3 is 19.7 Å². The Morgan fingerprint density at radius 3 is 2.74 bits per heavy atom. The predicted molar refractivity (Wildman–Crippen MR) is 104 cm³/mol. The Labute approximate surface area is 158 Å². The molecule has 0 amide bonds. The van der Waals surface area contributed by atoms with Crippen LogP contribution in [0.2, 0.25) is 0 Å². The second-order valence-corrected chi connectivity index (χ2v) is 6.20. The van der Waals surface area contributed by atoms with E-state index in [1.807, 2.05) is 24.3 Å². The van der Waals surface area contributed by atoms with E-state index >= 15 is 0 Å². The molecular weight excluding hydrogens is 342 g/mol. The van der Waals surface area contributed by atoms with Crippen molar-refractivity contribution < 1.29 is 9.47 Å². The lowest BCUT2D eigenvalue weighted by Gasteiger charge is -2.22. The fourth-order valence-corrected chi connectivity index (χ4v) is 3.00. The van der Waals surface area contributed by atoms with Gasteiger partial charge in [-0.05, 0) is 43.7 Å². The first kappa shape index (κ1) is 17.1. The third-order valence-corrected chi connectivity index (χ3v) is 4.25. The molecule has 0 atom stereocenters. The second-order valence-electron chi connectivity index (χ2n) is 6.20. The molecule has 0 unspecified atom stereocenters. The second kappa shape index (κ2) is 7.49. The van der Waals surface area contributed by atoms with Gasteiger partial charge >= 0.3 is 0 Å². The summed E-state index contributed by atoms with van der Waals surface area (Å²) in [5.74, 6) is 2.62. The molecule has 1 N–H and O–H groups in total. The number of hydrogen-bond donors (Lipinski definition) is 1. The molecule has 0 saturated carbocycles. The summed E-state index contributed by atoms with van der Waals surface area (Å²) in [7, 11) is 0. The minimum Gasteiger partial charge on any atom is -0.486 e. The first-order valence-electron chi connectivity index (χ1n) is 8.93. The van der Waals surface area contributed by atoms with Gasteiger partial charge in [0.2, 0.25) is 5.95 Å². The van der Waals surface area contributed by atoms with E-state index in [0.29, 0.717) is 24.9 Å². The smallest absolute Gasteiger partial charge is 0.249 e. The Morgan fingerprint density at radius 1 is 1.07 bits per heavy atom. The lowest BCUT2D eigenvalue weighted by molar-refractivity contribution is 0.171. The fraction of sp³-hybridized carbons (Fsp3) is 0.250. The maximum Gasteiger partial charge on any atom is 0.249 e. The van der Waals surface area contributed by atoms with Crippen LogP contribution in [0, 0.1) is 6.92 Å². The molecule has 1 aliphatic rings. The Bertz CT molecular complexity index is 947. The lowest BCUT2D eigenvalue weighted by Crippen LogP contribution is -2.18. The number of benzene rings is 2. The standard InChI is InChI=1S/C20H21N5O2/c1-3-25(16-6-4-5-14(2)11-16)19-13-21-24-20(23-19)22-15-7-8-17-18(12-15)27-10-9-26-17/h4-8,11-13H,3,9-10H2,1-2H3,(H,22,23,24). The van der Waals surface area contributed by atoms with Crippen molar-refractivity contribution in [3.05, 3.63) is 54.2 Å². The van der Waals surface area contributed by atoms with Crippen molar-refractivity contribution in [2.24, 2.45) is 0 Å². The Balaban J connectivity index is 1.58. The van der Waals surface area contributed by atoms with Gasteiger partial charge in [-0.15, -0.1) is 5.10 Å². The normalized spacial score (nSPS) is 12.5. The molecule has 138 valence electrons. The van der Waals surface area contributed by atoms with Crippen molar-refractivity contribution in [3.63, 3.8) is 0 Å². The molecule has 0 fully saturated rings. The highest BCUT2D eigenvalue weighted by atomic mass is 16.6. The third-order valence-electron chi connectivity index (χ3n) is 4.25. The summed E-state index contributed by atoms with van der Waals surface area (Å²) in [6.07, 6.45) is 1.67. The highest BCUT2D eigenvalue weighted by molar-refractivity contribution is 5.63. The van der Waals surface area contributed by atoms with Gasteiger partial charge in [0.15, 0.2) is 17.3 Å². The maximum absolute atomic E-state index is 5.62. The molecule has 3 aromatic rings. The highest BCUT2D eigenvalue weighted by Crippen LogP contribution is 2.33. The zero-order chi connectivity index (χ0) is 18.6. The zero-order valence-electron chi connectivity index (χ0n) is 15.3. The molecule has 0 saturated heterocycles. The molecule has 2 aromatic carbocycles. The number of nitrogens with one attached hydrogen (secondary N) is 1. The first-order valence-corrected chi connectivity index (χ1v) is 8.93. The highest BCUT2D eigenvalue weighted by Gasteiger charge is 2.14. The molecule has 1 aromatic heterocycles. The van der Waals surface area contributed by atoms with Crippen LogP contribution in [0.25, 0.3) is 0 Å². The average molecular weight is 363 g/mol. The van der Waals surface area contributed by atoms with E-state index in [1.165, 1.54) is 5.56 Å². The van der Waals surface area contributed by atoms with E-state index in [-0.39, 0.29) is 0 Å². The van der Waals surface area contributed by atoms with E-state index in [2.05, 4.69) is 57.4 Å². The topological polar surface area (TPSA) is 72.4 Å². The average Bonchev–Trinajstić information content (AvgIpc) is 2.69. The predicted octanol–water partition coefficient (Wildman–Crippen LogP) is 3.85. The van der Waals surface area contributed by atoms with Crippen molar-refractivity contribution in [2.45, 2.75) is 13.8 Å². The molecule has 0 radical (unpaired) electrons. The van der Waals surface area contributed by atoms with Gasteiger partial charge in [-0.25, -0.2) is 0 Å². The number of fused-ring (bicyclic) bond motifs is 1. The number of ether oxygens (including phenoxy) is 2. The monoisotopic (exact) mass is 363 g/mol. The van der Waals surface area contributed by atoms with Crippen LogP contribution in [0.15, 0.2) is 48.7 Å². The van der Waals surface area contributed by atoms with Crippen molar-refractivity contribution in [1.82, 2.24) is 15.2 Å². The molecule has 2 heterocycles. The quantitative estimate of drug-likeness (QED) is 0.738. The van der Waals surface area contributed by atoms with Crippen molar-refractivity contribution in [1.29, 1.82) is 0 Å². The number of rotatable bonds is 5. The van der Waals surface area contributed by atoms with Crippen LogP contribution in [0.5, 0.6) is 11.5 Å². The van der Waals surface area contributed by atoms with Gasteiger partial charge in [0, 0.05) is 24.0 Å². The molecule has 4 rings (SSSR count). The summed E-state index contributed by atoms with van der Waals surface area (Å²) >= 11 is 0. The van der Waals surface area contributed by atoms with E-state index in [9.17, 15) is 0 Å². The van der Waals surface area contributed by atoms with Crippen molar-refractivity contribution >= 4 is 23.1 Å². The van der Waals surface area contributed by atoms with Crippen LogP contribution in [0.1, 0.15) is 12.5 Å². The van der Waals surface area contributed by atoms with Gasteiger partial charge in [-0.1, -0.05) is 12.1 Å². The molecule has 7 heteroatoms. The molecule has 1 aliphatic heterocycles. The molecule has 0 aliphatic carbocycles. The molecule has 27 heavy (non-hydrogen) atoms. The summed E-state index contributed by atoms with van der Waals surface area (Å²) in [4.78, 5) is 6.72. The van der Waals surface area contributed by atoms with Crippen molar-refractivity contribution in [3.8, 4) is 11.5 Å². The minimum atomic E-state index is 0.426. The summed E-state index contributed by atoms with van der Waals surface area (Å²) < 4.78 is 11.2. The number of nitrogens with zero attached hydrogens (tertiary/aromatic N) is 4. The third kappa shape index (κ3) is 3.76. The van der Waals surface area contributed by atoms with E-state index < -0.39 is 0 Å². The SMILES string of the molecule is CCN(c1cccc(C)c1)c1cnnc(Nc2ccc3c(c2)OCCO3)n1. The number of hydrogen-bond acceptors (Lipinski definition) is 7. The summed E-state index contributed by atoms with van der Waals surface area (Å²) in [5, 5.41) is 11.4. The zero-order valence-corrected chi connectivity index (χ0v) is 15.3. The van der Waals surface area contributed by atoms with Crippen LogP contribution in [0.4, 0.5) is 23.1 Å². The molecule has 7 nitrogen and oxygen atoms in total. The van der Waals surface area contributed by atoms with Gasteiger partial charge in [-0.2, -0.15) is 10.1 Å². The van der Waals surface area contributed by atoms with Crippen LogP contribution < -0.4 is 19.7 Å². The van der Waals surface area contributed by atoms with Crippen LogP contribution in [-0.2, 0) is 0 Å². The minimum absolute atomic E-state index is 0.426. The first-order chi connectivity index (χ1) is 13.2. The van der Waals surface area contributed by atoms with Gasteiger partial charge in [0.1, 0.15) is 13.2 Å². The largest absolute Gasteiger partial charge is 0.486 e. The lowest BCUT2D eigenvalue weighted by atomic mass is 10.2. The van der Waals surface area contributed by atoms with Crippen LogP contribution >= 0.6 is 0 Å². The Morgan fingerprint density at radius 2 is 1.93 bits per heavy atom. The number of anilines is 4. The number of aromatic nitrogens is 3. The fourth-order valence-electron chi connectivity index (χ4n) is 3.00. The molecule has 0 spiro atoms. The van der Waals surface area contributed by atoms with Crippen molar-refractivity contribution in [2.75, 3.05) is 30.0 Å². The summed E-state index contributed by atoms with van der Waals surface area (Å²) in [5.41, 5.74) is 3.09.